The molecule has 2 N–H and O–H groups in total. The van der Waals surface area contributed by atoms with E-state index in [0.29, 0.717) is 5.92 Å². The number of hydrogen-bond donors (Lipinski definition) is 2. The van der Waals surface area contributed by atoms with Gasteiger partial charge in [0.15, 0.2) is 0 Å². The van der Waals surface area contributed by atoms with Crippen molar-refractivity contribution in [2.75, 3.05) is 13.1 Å². The lowest BCUT2D eigenvalue weighted by Crippen LogP contribution is -2.47. The molecule has 1 fully saturated rings. The molecule has 5 heteroatoms. The van der Waals surface area contributed by atoms with Gasteiger partial charge < -0.3 is 15.3 Å². The molecule has 0 spiro atoms. The third-order valence-corrected chi connectivity index (χ3v) is 3.98. The van der Waals surface area contributed by atoms with Crippen LogP contribution in [0.4, 0.5) is 4.79 Å². The average Bonchev–Trinajstić information content (AvgIpc) is 2.42. The Morgan fingerprint density at radius 2 is 1.84 bits per heavy atom. The second-order valence-electron chi connectivity index (χ2n) is 5.33. The predicted octanol–water partition coefficient (Wildman–Crippen LogP) is 2.46. The molecule has 0 aliphatic carbocycles. The molecule has 0 radical (unpaired) electrons. The van der Waals surface area contributed by atoms with Gasteiger partial charge >= 0.3 is 12.0 Å². The normalized spacial score (nSPS) is 16.7. The fourth-order valence-electron chi connectivity index (χ4n) is 2.51. The fraction of sp³-hybridized carbons (Fsp3) is 0.857. The minimum absolute atomic E-state index is 0.0328. The summed E-state index contributed by atoms with van der Waals surface area (Å²) in [6.07, 6.45) is 4.73. The molecule has 1 saturated heterocycles. The Morgan fingerprint density at radius 1 is 1.26 bits per heavy atom. The predicted molar refractivity (Wildman–Crippen MR) is 74.1 cm³/mol. The van der Waals surface area contributed by atoms with Crippen LogP contribution in [-0.2, 0) is 4.79 Å². The average molecular weight is 270 g/mol. The Morgan fingerprint density at radius 3 is 2.32 bits per heavy atom. The number of carbonyl (C=O) groups is 2. The van der Waals surface area contributed by atoms with Crippen LogP contribution in [0.3, 0.4) is 0 Å². The number of carbonyl (C=O) groups excluding carboxylic acids is 1. The third-order valence-electron chi connectivity index (χ3n) is 3.98. The van der Waals surface area contributed by atoms with Crippen LogP contribution in [0.5, 0.6) is 0 Å². The highest BCUT2D eigenvalue weighted by Gasteiger charge is 2.23. The summed E-state index contributed by atoms with van der Waals surface area (Å²) in [7, 11) is 0. The summed E-state index contributed by atoms with van der Waals surface area (Å²) in [6.45, 7) is 5.64. The first-order valence-corrected chi connectivity index (χ1v) is 7.34. The number of amides is 2. The first kappa shape index (κ1) is 15.8. The van der Waals surface area contributed by atoms with E-state index in [0.717, 1.165) is 45.2 Å². The van der Waals surface area contributed by atoms with Crippen LogP contribution in [0.1, 0.15) is 52.4 Å². The van der Waals surface area contributed by atoms with Crippen molar-refractivity contribution in [3.8, 4) is 0 Å². The molecular formula is C14H26N2O3. The maximum atomic E-state index is 12.0. The summed E-state index contributed by atoms with van der Waals surface area (Å²) >= 11 is 0. The van der Waals surface area contributed by atoms with E-state index in [2.05, 4.69) is 19.2 Å². The molecule has 0 saturated carbocycles. The third kappa shape index (κ3) is 5.49. The molecular weight excluding hydrogens is 244 g/mol. The van der Waals surface area contributed by atoms with Gasteiger partial charge in [-0.25, -0.2) is 4.79 Å². The van der Waals surface area contributed by atoms with Gasteiger partial charge in [0.2, 0.25) is 0 Å². The van der Waals surface area contributed by atoms with Crippen molar-refractivity contribution in [3.05, 3.63) is 0 Å². The summed E-state index contributed by atoms with van der Waals surface area (Å²) < 4.78 is 0. The lowest BCUT2D eigenvalue weighted by atomic mass is 9.92. The van der Waals surface area contributed by atoms with E-state index in [1.54, 1.807) is 0 Å². The second kappa shape index (κ2) is 8.02. The zero-order chi connectivity index (χ0) is 14.3. The summed E-state index contributed by atoms with van der Waals surface area (Å²) in [5.74, 6) is -0.276. The van der Waals surface area contributed by atoms with E-state index in [1.165, 1.54) is 0 Å². The van der Waals surface area contributed by atoms with E-state index >= 15 is 0 Å². The highest BCUT2D eigenvalue weighted by Crippen LogP contribution is 2.21. The first-order valence-electron chi connectivity index (χ1n) is 7.34. The summed E-state index contributed by atoms with van der Waals surface area (Å²) in [4.78, 5) is 24.4. The number of carboxylic acid groups (broad SMARTS) is 1. The topological polar surface area (TPSA) is 69.6 Å². The van der Waals surface area contributed by atoms with Crippen molar-refractivity contribution < 1.29 is 14.7 Å². The molecule has 0 aromatic rings. The molecule has 0 aromatic carbocycles. The number of hydrogen-bond acceptors (Lipinski definition) is 2. The van der Waals surface area contributed by atoms with E-state index in [4.69, 9.17) is 5.11 Å². The smallest absolute Gasteiger partial charge is 0.317 e. The maximum Gasteiger partial charge on any atom is 0.317 e. The van der Waals surface area contributed by atoms with Gasteiger partial charge in [0.05, 0.1) is 0 Å². The van der Waals surface area contributed by atoms with Crippen molar-refractivity contribution in [2.24, 2.45) is 5.92 Å². The number of aliphatic carboxylic acids is 1. The van der Waals surface area contributed by atoms with Crippen LogP contribution < -0.4 is 5.32 Å². The molecule has 0 unspecified atom stereocenters. The Bertz CT molecular complexity index is 295. The van der Waals surface area contributed by atoms with Crippen LogP contribution in [0.2, 0.25) is 0 Å². The first-order chi connectivity index (χ1) is 9.06. The molecule has 110 valence electrons. The molecule has 1 aliphatic heterocycles. The summed E-state index contributed by atoms with van der Waals surface area (Å²) in [5.41, 5.74) is 0. The van der Waals surface area contributed by atoms with Gasteiger partial charge in [-0.05, 0) is 38.0 Å². The Balaban J connectivity index is 2.28. The monoisotopic (exact) mass is 270 g/mol. The minimum atomic E-state index is -0.728. The quantitative estimate of drug-likeness (QED) is 0.779. The molecule has 0 atom stereocenters. The number of likely N-dealkylation sites (tertiary alicyclic amines) is 1. The van der Waals surface area contributed by atoms with Crippen LogP contribution >= 0.6 is 0 Å². The standard InChI is InChI=1S/C14H26N2O3/c1-3-12(4-2)15-14(19)16-9-7-11(8-10-16)5-6-13(17)18/h11-12H,3-10H2,1-2H3,(H,15,19)(H,17,18). The number of nitrogens with zero attached hydrogens (tertiary/aromatic N) is 1. The molecule has 0 bridgehead atoms. The van der Waals surface area contributed by atoms with Gasteiger partial charge in [0, 0.05) is 25.6 Å². The fourth-order valence-corrected chi connectivity index (χ4v) is 2.51. The number of rotatable bonds is 6. The van der Waals surface area contributed by atoms with E-state index in [9.17, 15) is 9.59 Å². The molecule has 1 heterocycles. The second-order valence-corrected chi connectivity index (χ2v) is 5.33. The zero-order valence-corrected chi connectivity index (χ0v) is 12.0. The molecule has 2 amide bonds. The number of carboxylic acids is 1. The zero-order valence-electron chi connectivity index (χ0n) is 12.0. The Hall–Kier alpha value is -1.26. The Labute approximate surface area is 115 Å². The van der Waals surface area contributed by atoms with Gasteiger partial charge in [-0.1, -0.05) is 13.8 Å². The van der Waals surface area contributed by atoms with Crippen molar-refractivity contribution in [1.82, 2.24) is 10.2 Å². The SMILES string of the molecule is CCC(CC)NC(=O)N1CCC(CCC(=O)O)CC1. The van der Waals surface area contributed by atoms with Crippen LogP contribution in [0.15, 0.2) is 0 Å². The summed E-state index contributed by atoms with van der Waals surface area (Å²) in [6, 6.07) is 0.294. The lowest BCUT2D eigenvalue weighted by Gasteiger charge is -2.33. The molecule has 5 nitrogen and oxygen atoms in total. The van der Waals surface area contributed by atoms with Gasteiger partial charge in [0.1, 0.15) is 0 Å². The Kier molecular flexibility index (Phi) is 6.67. The van der Waals surface area contributed by atoms with Crippen LogP contribution in [0.25, 0.3) is 0 Å². The van der Waals surface area contributed by atoms with E-state index in [-0.39, 0.29) is 18.5 Å². The molecule has 1 aliphatic rings. The minimum Gasteiger partial charge on any atom is -0.481 e. The van der Waals surface area contributed by atoms with Crippen molar-refractivity contribution in [1.29, 1.82) is 0 Å². The van der Waals surface area contributed by atoms with Gasteiger partial charge in [-0.3, -0.25) is 4.79 Å². The van der Waals surface area contributed by atoms with Crippen molar-refractivity contribution in [2.45, 2.75) is 58.4 Å². The van der Waals surface area contributed by atoms with Crippen molar-refractivity contribution >= 4 is 12.0 Å². The van der Waals surface area contributed by atoms with Gasteiger partial charge in [-0.15, -0.1) is 0 Å². The van der Waals surface area contributed by atoms with Gasteiger partial charge in [0.25, 0.3) is 0 Å². The van der Waals surface area contributed by atoms with Crippen molar-refractivity contribution in [3.63, 3.8) is 0 Å². The molecule has 1 rings (SSSR count). The lowest BCUT2D eigenvalue weighted by molar-refractivity contribution is -0.137. The largest absolute Gasteiger partial charge is 0.481 e. The molecule has 19 heavy (non-hydrogen) atoms. The maximum absolute atomic E-state index is 12.0. The van der Waals surface area contributed by atoms with E-state index in [1.807, 2.05) is 4.90 Å². The van der Waals surface area contributed by atoms with Crippen LogP contribution in [0, 0.1) is 5.92 Å². The molecule has 0 aromatic heterocycles. The highest BCUT2D eigenvalue weighted by atomic mass is 16.4. The summed E-state index contributed by atoms with van der Waals surface area (Å²) in [5, 5.41) is 11.7. The number of nitrogens with one attached hydrogen (secondary N) is 1. The van der Waals surface area contributed by atoms with E-state index < -0.39 is 5.97 Å². The number of urea groups is 1. The highest BCUT2D eigenvalue weighted by molar-refractivity contribution is 5.74. The number of piperidine rings is 1. The van der Waals surface area contributed by atoms with Gasteiger partial charge in [-0.2, -0.15) is 0 Å². The van der Waals surface area contributed by atoms with Crippen LogP contribution in [-0.4, -0.2) is 41.1 Å².